The number of benzene rings is 1. The number of aromatic hydroxyl groups is 1. The van der Waals surface area contributed by atoms with Crippen molar-refractivity contribution in [3.63, 3.8) is 0 Å². The molecule has 2 N–H and O–H groups in total. The summed E-state index contributed by atoms with van der Waals surface area (Å²) in [5.74, 6) is 0.0187. The van der Waals surface area contributed by atoms with E-state index in [1.165, 1.54) is 6.07 Å². The van der Waals surface area contributed by atoms with E-state index < -0.39 is 0 Å². The lowest BCUT2D eigenvalue weighted by Gasteiger charge is -2.05. The third-order valence-corrected chi connectivity index (χ3v) is 1.86. The highest BCUT2D eigenvalue weighted by atomic mass is 16.3. The van der Waals surface area contributed by atoms with Crippen molar-refractivity contribution in [3.05, 3.63) is 42.0 Å². The molecule has 14 heavy (non-hydrogen) atoms. The Hall–Kier alpha value is -1.77. The van der Waals surface area contributed by atoms with Gasteiger partial charge in [0.15, 0.2) is 0 Å². The number of nitrogens with one attached hydrogen (secondary N) is 1. The number of rotatable bonds is 3. The first-order chi connectivity index (χ1) is 6.65. The summed E-state index contributed by atoms with van der Waals surface area (Å²) in [5.41, 5.74) is 1.33. The quantitative estimate of drug-likeness (QED) is 0.713. The van der Waals surface area contributed by atoms with E-state index in [9.17, 15) is 4.79 Å². The Kier molecular flexibility index (Phi) is 3.29. The number of aryl methyl sites for hydroxylation is 1. The van der Waals surface area contributed by atoms with Crippen molar-refractivity contribution < 1.29 is 9.90 Å². The molecule has 0 saturated carbocycles. The molecule has 1 amide bonds. The highest BCUT2D eigenvalue weighted by molar-refractivity contribution is 5.95. The third-order valence-electron chi connectivity index (χ3n) is 1.86. The summed E-state index contributed by atoms with van der Waals surface area (Å²) in [6, 6.07) is 4.65. The predicted octanol–water partition coefficient (Wildman–Crippen LogP) is 1.62. The van der Waals surface area contributed by atoms with Crippen LogP contribution in [0.15, 0.2) is 30.9 Å². The maximum absolute atomic E-state index is 11.5. The van der Waals surface area contributed by atoms with Crippen LogP contribution in [0.3, 0.4) is 0 Å². The fraction of sp³-hybridized carbons (Fsp3) is 0.182. The molecule has 74 valence electrons. The maximum atomic E-state index is 11.5. The Morgan fingerprint density at radius 1 is 1.64 bits per heavy atom. The van der Waals surface area contributed by atoms with Crippen LogP contribution in [-0.2, 0) is 0 Å². The van der Waals surface area contributed by atoms with Gasteiger partial charge in [0.1, 0.15) is 5.75 Å². The van der Waals surface area contributed by atoms with Crippen LogP contribution in [0.2, 0.25) is 0 Å². The molecule has 0 aliphatic rings. The van der Waals surface area contributed by atoms with E-state index in [1.54, 1.807) is 25.1 Å². The van der Waals surface area contributed by atoms with E-state index in [-0.39, 0.29) is 11.7 Å². The third kappa shape index (κ3) is 2.36. The van der Waals surface area contributed by atoms with E-state index in [0.29, 0.717) is 12.1 Å². The molecule has 3 heteroatoms. The SMILES string of the molecule is C=CCNC(=O)c1ccc(O)cc1C. The summed E-state index contributed by atoms with van der Waals surface area (Å²) in [4.78, 5) is 11.5. The molecular weight excluding hydrogens is 178 g/mol. The summed E-state index contributed by atoms with van der Waals surface area (Å²) < 4.78 is 0. The average Bonchev–Trinajstić information content (AvgIpc) is 2.14. The minimum atomic E-state index is -0.151. The topological polar surface area (TPSA) is 49.3 Å². The van der Waals surface area contributed by atoms with Crippen molar-refractivity contribution in [2.24, 2.45) is 0 Å². The van der Waals surface area contributed by atoms with Crippen LogP contribution in [0.5, 0.6) is 5.75 Å². The molecule has 0 spiro atoms. The number of hydrogen-bond donors (Lipinski definition) is 2. The standard InChI is InChI=1S/C11H13NO2/c1-3-6-12-11(14)10-5-4-9(13)7-8(10)2/h3-5,7,13H,1,6H2,2H3,(H,12,14). The summed E-state index contributed by atoms with van der Waals surface area (Å²) >= 11 is 0. The van der Waals surface area contributed by atoms with Crippen LogP contribution < -0.4 is 5.32 Å². The number of carbonyl (C=O) groups is 1. The molecule has 0 bridgehead atoms. The summed E-state index contributed by atoms with van der Waals surface area (Å²) in [6.45, 7) is 5.73. The molecule has 0 aromatic heterocycles. The lowest BCUT2D eigenvalue weighted by Crippen LogP contribution is -2.23. The molecule has 0 atom stereocenters. The Bertz CT molecular complexity index is 358. The van der Waals surface area contributed by atoms with Crippen LogP contribution >= 0.6 is 0 Å². The van der Waals surface area contributed by atoms with Gasteiger partial charge in [-0.15, -0.1) is 6.58 Å². The van der Waals surface area contributed by atoms with E-state index in [4.69, 9.17) is 5.11 Å². The molecule has 1 rings (SSSR count). The fourth-order valence-electron chi connectivity index (χ4n) is 1.16. The van der Waals surface area contributed by atoms with Crippen LogP contribution in [0.25, 0.3) is 0 Å². The monoisotopic (exact) mass is 191 g/mol. The van der Waals surface area contributed by atoms with Crippen molar-refractivity contribution in [1.82, 2.24) is 5.32 Å². The smallest absolute Gasteiger partial charge is 0.251 e. The van der Waals surface area contributed by atoms with Gasteiger partial charge >= 0.3 is 0 Å². The van der Waals surface area contributed by atoms with Gasteiger partial charge in [0, 0.05) is 12.1 Å². The van der Waals surface area contributed by atoms with Gasteiger partial charge in [-0.05, 0) is 30.7 Å². The largest absolute Gasteiger partial charge is 0.508 e. The minimum absolute atomic E-state index is 0.151. The summed E-state index contributed by atoms with van der Waals surface area (Å²) in [7, 11) is 0. The van der Waals surface area contributed by atoms with Gasteiger partial charge in [0.2, 0.25) is 0 Å². The highest BCUT2D eigenvalue weighted by Gasteiger charge is 2.07. The summed E-state index contributed by atoms with van der Waals surface area (Å²) in [6.07, 6.45) is 1.62. The lowest BCUT2D eigenvalue weighted by molar-refractivity contribution is 0.0957. The number of hydrogen-bond acceptors (Lipinski definition) is 2. The molecule has 0 aliphatic carbocycles. The van der Waals surface area contributed by atoms with Gasteiger partial charge in [-0.1, -0.05) is 6.08 Å². The Morgan fingerprint density at radius 3 is 2.93 bits per heavy atom. The first kappa shape index (κ1) is 10.3. The van der Waals surface area contributed by atoms with Gasteiger partial charge in [0.05, 0.1) is 0 Å². The van der Waals surface area contributed by atoms with E-state index >= 15 is 0 Å². The predicted molar refractivity (Wildman–Crippen MR) is 55.4 cm³/mol. The van der Waals surface area contributed by atoms with E-state index in [1.807, 2.05) is 0 Å². The fourth-order valence-corrected chi connectivity index (χ4v) is 1.16. The second-order valence-electron chi connectivity index (χ2n) is 3.00. The van der Waals surface area contributed by atoms with Gasteiger partial charge in [-0.3, -0.25) is 4.79 Å². The van der Waals surface area contributed by atoms with Crippen molar-refractivity contribution in [2.75, 3.05) is 6.54 Å². The first-order valence-electron chi connectivity index (χ1n) is 4.34. The second-order valence-corrected chi connectivity index (χ2v) is 3.00. The Morgan fingerprint density at radius 2 is 2.36 bits per heavy atom. The van der Waals surface area contributed by atoms with Crippen molar-refractivity contribution >= 4 is 5.91 Å². The van der Waals surface area contributed by atoms with Gasteiger partial charge < -0.3 is 10.4 Å². The first-order valence-corrected chi connectivity index (χ1v) is 4.34. The van der Waals surface area contributed by atoms with E-state index in [0.717, 1.165) is 5.56 Å². The zero-order valence-corrected chi connectivity index (χ0v) is 8.08. The van der Waals surface area contributed by atoms with Crippen molar-refractivity contribution in [1.29, 1.82) is 0 Å². The van der Waals surface area contributed by atoms with Crippen LogP contribution in [0.1, 0.15) is 15.9 Å². The zero-order valence-electron chi connectivity index (χ0n) is 8.08. The van der Waals surface area contributed by atoms with Crippen LogP contribution in [0.4, 0.5) is 0 Å². The zero-order chi connectivity index (χ0) is 10.6. The molecule has 0 aliphatic heterocycles. The number of phenolic OH excluding ortho intramolecular Hbond substituents is 1. The van der Waals surface area contributed by atoms with Gasteiger partial charge in [0.25, 0.3) is 5.91 Å². The molecule has 1 aromatic carbocycles. The minimum Gasteiger partial charge on any atom is -0.508 e. The Balaban J connectivity index is 2.84. The van der Waals surface area contributed by atoms with Crippen LogP contribution in [-0.4, -0.2) is 17.6 Å². The summed E-state index contributed by atoms with van der Waals surface area (Å²) in [5, 5.41) is 11.8. The lowest BCUT2D eigenvalue weighted by atomic mass is 10.1. The Labute approximate surface area is 83.1 Å². The molecule has 3 nitrogen and oxygen atoms in total. The molecule has 0 saturated heterocycles. The van der Waals surface area contributed by atoms with Gasteiger partial charge in [-0.2, -0.15) is 0 Å². The van der Waals surface area contributed by atoms with Crippen LogP contribution in [0, 0.1) is 6.92 Å². The molecular formula is C11H13NO2. The molecule has 0 unspecified atom stereocenters. The van der Waals surface area contributed by atoms with E-state index in [2.05, 4.69) is 11.9 Å². The maximum Gasteiger partial charge on any atom is 0.251 e. The molecule has 0 radical (unpaired) electrons. The molecule has 0 fully saturated rings. The van der Waals surface area contributed by atoms with Crippen molar-refractivity contribution in [2.45, 2.75) is 6.92 Å². The molecule has 0 heterocycles. The average molecular weight is 191 g/mol. The van der Waals surface area contributed by atoms with Crippen molar-refractivity contribution in [3.8, 4) is 5.75 Å². The number of amides is 1. The number of phenols is 1. The highest BCUT2D eigenvalue weighted by Crippen LogP contribution is 2.15. The second kappa shape index (κ2) is 4.46. The normalized spacial score (nSPS) is 9.50. The van der Waals surface area contributed by atoms with Gasteiger partial charge in [-0.25, -0.2) is 0 Å². The number of carbonyl (C=O) groups excluding carboxylic acids is 1. The molecule has 1 aromatic rings.